The quantitative estimate of drug-likeness (QED) is 0.487. The van der Waals surface area contributed by atoms with Gasteiger partial charge in [0.05, 0.1) is 10.6 Å². The lowest BCUT2D eigenvalue weighted by Crippen LogP contribution is -2.46. The minimum Gasteiger partial charge on any atom is -0.476 e. The summed E-state index contributed by atoms with van der Waals surface area (Å²) in [6.07, 6.45) is 0. The molecule has 0 radical (unpaired) electrons. The Morgan fingerprint density at radius 3 is 2.43 bits per heavy atom. The molecule has 154 valence electrons. The number of carbonyl (C=O) groups is 1. The van der Waals surface area contributed by atoms with E-state index >= 15 is 0 Å². The van der Waals surface area contributed by atoms with Gasteiger partial charge in [-0.1, -0.05) is 36.4 Å². The number of aromatic carboxylic acids is 1. The average Bonchev–Trinajstić information content (AvgIpc) is 3.21. The molecular formula is C20H20N6O4. The molecule has 30 heavy (non-hydrogen) atoms. The van der Waals surface area contributed by atoms with E-state index in [1.807, 2.05) is 23.1 Å². The van der Waals surface area contributed by atoms with Crippen LogP contribution < -0.4 is 4.90 Å². The van der Waals surface area contributed by atoms with Crippen molar-refractivity contribution >= 4 is 17.5 Å². The Morgan fingerprint density at radius 2 is 1.77 bits per heavy atom. The van der Waals surface area contributed by atoms with E-state index in [-0.39, 0.29) is 17.2 Å². The van der Waals surface area contributed by atoms with Gasteiger partial charge in [-0.15, -0.1) is 15.0 Å². The van der Waals surface area contributed by atoms with Gasteiger partial charge >= 0.3 is 5.97 Å². The molecule has 0 unspecified atom stereocenters. The number of aromatic nitrogens is 3. The number of rotatable bonds is 6. The van der Waals surface area contributed by atoms with E-state index < -0.39 is 10.9 Å². The van der Waals surface area contributed by atoms with Gasteiger partial charge in [0, 0.05) is 44.9 Å². The van der Waals surface area contributed by atoms with Crippen molar-refractivity contribution in [3.63, 3.8) is 0 Å². The van der Waals surface area contributed by atoms with Crippen molar-refractivity contribution in [2.45, 2.75) is 6.54 Å². The molecule has 1 aliphatic rings. The molecule has 0 bridgehead atoms. The monoisotopic (exact) mass is 408 g/mol. The zero-order chi connectivity index (χ0) is 21.1. The zero-order valence-corrected chi connectivity index (χ0v) is 16.1. The van der Waals surface area contributed by atoms with Crippen molar-refractivity contribution in [1.29, 1.82) is 0 Å². The molecule has 10 heteroatoms. The Labute approximate surface area is 172 Å². The van der Waals surface area contributed by atoms with Crippen LogP contribution in [-0.4, -0.2) is 62.1 Å². The summed E-state index contributed by atoms with van der Waals surface area (Å²) >= 11 is 0. The highest BCUT2D eigenvalue weighted by Gasteiger charge is 2.27. The normalized spacial score (nSPS) is 14.6. The largest absolute Gasteiger partial charge is 0.476 e. The van der Waals surface area contributed by atoms with Crippen molar-refractivity contribution in [3.05, 3.63) is 76.0 Å². The number of nitro benzene ring substituents is 1. The van der Waals surface area contributed by atoms with E-state index in [9.17, 15) is 20.0 Å². The highest BCUT2D eigenvalue weighted by atomic mass is 16.6. The lowest BCUT2D eigenvalue weighted by molar-refractivity contribution is -0.384. The standard InChI is InChI=1S/C20H20N6O4/c27-20(28)18-19(22-25(21-18)16-7-4-8-17(13-16)26(29)30)24-11-9-23(10-12-24)14-15-5-2-1-3-6-15/h1-8,13H,9-12,14H2,(H,27,28). The van der Waals surface area contributed by atoms with Crippen LogP contribution in [-0.2, 0) is 6.54 Å². The number of non-ortho nitro benzene ring substituents is 1. The van der Waals surface area contributed by atoms with Crippen LogP contribution in [0.25, 0.3) is 5.69 Å². The van der Waals surface area contributed by atoms with E-state index in [0.717, 1.165) is 24.4 Å². The third-order valence-electron chi connectivity index (χ3n) is 4.99. The fourth-order valence-electron chi connectivity index (χ4n) is 3.46. The molecule has 2 heterocycles. The SMILES string of the molecule is O=C(O)c1nn(-c2cccc([N+](=O)[O-])c2)nc1N1CCN(Cc2ccccc2)CC1. The second-order valence-corrected chi connectivity index (χ2v) is 6.99. The maximum Gasteiger partial charge on any atom is 0.360 e. The summed E-state index contributed by atoms with van der Waals surface area (Å²) in [6.45, 7) is 3.58. The molecule has 0 spiro atoms. The van der Waals surface area contributed by atoms with E-state index in [4.69, 9.17) is 0 Å². The Balaban J connectivity index is 1.52. The fraction of sp³-hybridized carbons (Fsp3) is 0.250. The second kappa shape index (κ2) is 8.29. The Bertz CT molecular complexity index is 1060. The summed E-state index contributed by atoms with van der Waals surface area (Å²) in [6, 6.07) is 16.0. The molecule has 0 saturated carbocycles. The fourth-order valence-corrected chi connectivity index (χ4v) is 3.46. The number of carboxylic acid groups (broad SMARTS) is 1. The topological polar surface area (TPSA) is 118 Å². The summed E-state index contributed by atoms with van der Waals surface area (Å²) in [5.74, 6) is -0.915. The first-order valence-electron chi connectivity index (χ1n) is 9.48. The molecule has 1 aromatic heterocycles. The number of piperazine rings is 1. The Hall–Kier alpha value is -3.79. The Morgan fingerprint density at radius 1 is 1.03 bits per heavy atom. The first-order valence-corrected chi connectivity index (χ1v) is 9.48. The summed E-state index contributed by atoms with van der Waals surface area (Å²) in [7, 11) is 0. The second-order valence-electron chi connectivity index (χ2n) is 6.99. The number of anilines is 1. The van der Waals surface area contributed by atoms with Crippen LogP contribution >= 0.6 is 0 Å². The summed E-state index contributed by atoms with van der Waals surface area (Å²) in [5.41, 5.74) is 1.28. The molecule has 4 rings (SSSR count). The molecule has 1 saturated heterocycles. The number of nitrogens with zero attached hydrogens (tertiary/aromatic N) is 6. The highest BCUT2D eigenvalue weighted by molar-refractivity contribution is 5.91. The van der Waals surface area contributed by atoms with Crippen molar-refractivity contribution in [1.82, 2.24) is 19.9 Å². The van der Waals surface area contributed by atoms with Crippen molar-refractivity contribution in [2.75, 3.05) is 31.1 Å². The number of hydrogen-bond donors (Lipinski definition) is 1. The van der Waals surface area contributed by atoms with Gasteiger partial charge in [0.15, 0.2) is 5.82 Å². The van der Waals surface area contributed by atoms with Gasteiger partial charge < -0.3 is 10.0 Å². The van der Waals surface area contributed by atoms with Gasteiger partial charge in [0.1, 0.15) is 0 Å². The lowest BCUT2D eigenvalue weighted by atomic mass is 10.2. The molecule has 10 nitrogen and oxygen atoms in total. The molecule has 1 aliphatic heterocycles. The third-order valence-corrected chi connectivity index (χ3v) is 4.99. The van der Waals surface area contributed by atoms with Crippen molar-refractivity contribution in [2.24, 2.45) is 0 Å². The van der Waals surface area contributed by atoms with Crippen LogP contribution in [0.4, 0.5) is 11.5 Å². The highest BCUT2D eigenvalue weighted by Crippen LogP contribution is 2.22. The van der Waals surface area contributed by atoms with Gasteiger partial charge in [0.25, 0.3) is 5.69 Å². The van der Waals surface area contributed by atoms with Crippen LogP contribution in [0.5, 0.6) is 0 Å². The molecule has 3 aromatic rings. The van der Waals surface area contributed by atoms with Crippen LogP contribution in [0, 0.1) is 10.1 Å². The van der Waals surface area contributed by atoms with Gasteiger partial charge in [-0.05, 0) is 11.6 Å². The van der Waals surface area contributed by atoms with E-state index in [1.165, 1.54) is 23.8 Å². The van der Waals surface area contributed by atoms with E-state index in [1.54, 1.807) is 6.07 Å². The van der Waals surface area contributed by atoms with Crippen LogP contribution in [0.15, 0.2) is 54.6 Å². The first-order chi connectivity index (χ1) is 14.5. The predicted octanol–water partition coefficient (Wildman–Crippen LogP) is 2.20. The minimum atomic E-state index is -1.19. The van der Waals surface area contributed by atoms with Crippen LogP contribution in [0.3, 0.4) is 0 Å². The maximum atomic E-state index is 11.7. The summed E-state index contributed by atoms with van der Waals surface area (Å²) in [5, 5.41) is 29.0. The first kappa shape index (κ1) is 19.5. The third kappa shape index (κ3) is 4.13. The smallest absolute Gasteiger partial charge is 0.360 e. The number of nitro groups is 1. The molecule has 1 N–H and O–H groups in total. The number of hydrogen-bond acceptors (Lipinski definition) is 7. The summed E-state index contributed by atoms with van der Waals surface area (Å²) < 4.78 is 0. The van der Waals surface area contributed by atoms with Crippen molar-refractivity contribution in [3.8, 4) is 5.69 Å². The van der Waals surface area contributed by atoms with Crippen molar-refractivity contribution < 1.29 is 14.8 Å². The molecule has 0 atom stereocenters. The van der Waals surface area contributed by atoms with Gasteiger partial charge in [-0.3, -0.25) is 15.0 Å². The van der Waals surface area contributed by atoms with Gasteiger partial charge in [-0.2, -0.15) is 0 Å². The molecule has 1 fully saturated rings. The molecule has 0 amide bonds. The van der Waals surface area contributed by atoms with Crippen LogP contribution in [0.2, 0.25) is 0 Å². The maximum absolute atomic E-state index is 11.7. The van der Waals surface area contributed by atoms with E-state index in [0.29, 0.717) is 18.8 Å². The zero-order valence-electron chi connectivity index (χ0n) is 16.1. The average molecular weight is 408 g/mol. The summed E-state index contributed by atoms with van der Waals surface area (Å²) in [4.78, 5) is 27.6. The van der Waals surface area contributed by atoms with Gasteiger partial charge in [-0.25, -0.2) is 4.79 Å². The van der Waals surface area contributed by atoms with E-state index in [2.05, 4.69) is 27.2 Å². The number of benzene rings is 2. The Kier molecular flexibility index (Phi) is 5.40. The van der Waals surface area contributed by atoms with Crippen LogP contribution in [0.1, 0.15) is 16.1 Å². The predicted molar refractivity (Wildman–Crippen MR) is 109 cm³/mol. The molecule has 2 aromatic carbocycles. The lowest BCUT2D eigenvalue weighted by Gasteiger charge is -2.34. The molecular weight excluding hydrogens is 388 g/mol. The van der Waals surface area contributed by atoms with Gasteiger partial charge in [0.2, 0.25) is 5.69 Å². The number of carboxylic acids is 1. The molecule has 0 aliphatic carbocycles. The minimum absolute atomic E-state index is 0.113.